The first-order valence-electron chi connectivity index (χ1n) is 6.01. The molecule has 0 aromatic heterocycles. The molecule has 4 nitrogen and oxygen atoms in total. The van der Waals surface area contributed by atoms with Gasteiger partial charge in [-0.15, -0.1) is 0 Å². The second-order valence-corrected chi connectivity index (χ2v) is 4.21. The van der Waals surface area contributed by atoms with Crippen LogP contribution in [0.3, 0.4) is 0 Å². The number of aliphatic hydroxyl groups excluding tert-OH is 1. The highest BCUT2D eigenvalue weighted by molar-refractivity contribution is 5.47. The first-order chi connectivity index (χ1) is 8.29. The molecule has 0 amide bonds. The van der Waals surface area contributed by atoms with Crippen molar-refractivity contribution in [2.75, 3.05) is 25.1 Å². The second-order valence-electron chi connectivity index (χ2n) is 4.21. The number of benzene rings is 1. The Balaban J connectivity index is 1.89. The van der Waals surface area contributed by atoms with Crippen LogP contribution in [0.4, 0.5) is 5.69 Å². The molecule has 94 valence electrons. The summed E-state index contributed by atoms with van der Waals surface area (Å²) in [5.74, 6) is 0.778. The Kier molecular flexibility index (Phi) is 4.23. The van der Waals surface area contributed by atoms with Gasteiger partial charge in [-0.25, -0.2) is 0 Å². The summed E-state index contributed by atoms with van der Waals surface area (Å²) >= 11 is 0. The minimum atomic E-state index is 0.0386. The normalized spacial score (nSPS) is 23.6. The van der Waals surface area contributed by atoms with Crippen LogP contribution in [0.5, 0.6) is 5.75 Å². The molecule has 1 heterocycles. The highest BCUT2D eigenvalue weighted by Crippen LogP contribution is 2.21. The number of hydrogen-bond donors (Lipinski definition) is 2. The molecule has 1 aromatic carbocycles. The third-order valence-electron chi connectivity index (χ3n) is 2.94. The fourth-order valence-electron chi connectivity index (χ4n) is 1.95. The van der Waals surface area contributed by atoms with Crippen LogP contribution in [0.1, 0.15) is 13.3 Å². The van der Waals surface area contributed by atoms with Gasteiger partial charge in [-0.3, -0.25) is 0 Å². The molecule has 2 N–H and O–H groups in total. The zero-order chi connectivity index (χ0) is 12.1. The quantitative estimate of drug-likeness (QED) is 0.817. The standard InChI is InChI=1S/C13H19NO3/c1-10-13(6-8-16-10)14-11-2-4-12(5-3-11)17-9-7-15/h2-5,10,13-15H,6-9H2,1H3. The Morgan fingerprint density at radius 2 is 2.18 bits per heavy atom. The molecular weight excluding hydrogens is 218 g/mol. The van der Waals surface area contributed by atoms with Crippen LogP contribution >= 0.6 is 0 Å². The van der Waals surface area contributed by atoms with Crippen molar-refractivity contribution >= 4 is 5.69 Å². The van der Waals surface area contributed by atoms with Crippen molar-refractivity contribution in [3.63, 3.8) is 0 Å². The van der Waals surface area contributed by atoms with Crippen LogP contribution in [0.2, 0.25) is 0 Å². The maximum absolute atomic E-state index is 8.65. The Labute approximate surface area is 102 Å². The van der Waals surface area contributed by atoms with Crippen molar-refractivity contribution in [2.45, 2.75) is 25.5 Å². The molecule has 17 heavy (non-hydrogen) atoms. The van der Waals surface area contributed by atoms with Crippen LogP contribution in [-0.2, 0) is 4.74 Å². The molecule has 1 saturated heterocycles. The minimum absolute atomic E-state index is 0.0386. The Morgan fingerprint density at radius 3 is 2.76 bits per heavy atom. The van der Waals surface area contributed by atoms with Crippen molar-refractivity contribution in [1.29, 1.82) is 0 Å². The molecule has 4 heteroatoms. The van der Waals surface area contributed by atoms with Gasteiger partial charge >= 0.3 is 0 Å². The zero-order valence-corrected chi connectivity index (χ0v) is 10.1. The summed E-state index contributed by atoms with van der Waals surface area (Å²) < 4.78 is 10.8. The van der Waals surface area contributed by atoms with Crippen LogP contribution in [-0.4, -0.2) is 37.1 Å². The lowest BCUT2D eigenvalue weighted by Gasteiger charge is -2.17. The lowest BCUT2D eigenvalue weighted by molar-refractivity contribution is 0.121. The number of hydrogen-bond acceptors (Lipinski definition) is 4. The molecular formula is C13H19NO3. The number of nitrogens with one attached hydrogen (secondary N) is 1. The van der Waals surface area contributed by atoms with E-state index in [1.165, 1.54) is 0 Å². The third kappa shape index (κ3) is 3.35. The summed E-state index contributed by atoms with van der Waals surface area (Å²) in [6.45, 7) is 3.29. The average Bonchev–Trinajstić information content (AvgIpc) is 2.74. The molecule has 1 aliphatic rings. The molecule has 2 rings (SSSR count). The Hall–Kier alpha value is -1.26. The van der Waals surface area contributed by atoms with Gasteiger partial charge in [-0.1, -0.05) is 0 Å². The van der Waals surface area contributed by atoms with E-state index < -0.39 is 0 Å². The van der Waals surface area contributed by atoms with Gasteiger partial charge in [0.2, 0.25) is 0 Å². The number of rotatable bonds is 5. The highest BCUT2D eigenvalue weighted by Gasteiger charge is 2.23. The molecule has 2 atom stereocenters. The van der Waals surface area contributed by atoms with E-state index in [0.717, 1.165) is 24.5 Å². The fourth-order valence-corrected chi connectivity index (χ4v) is 1.95. The third-order valence-corrected chi connectivity index (χ3v) is 2.94. The van der Waals surface area contributed by atoms with Crippen molar-refractivity contribution in [2.24, 2.45) is 0 Å². The van der Waals surface area contributed by atoms with E-state index >= 15 is 0 Å². The molecule has 0 bridgehead atoms. The van der Waals surface area contributed by atoms with E-state index in [-0.39, 0.29) is 12.7 Å². The first-order valence-corrected chi connectivity index (χ1v) is 6.01. The molecule has 1 aliphatic heterocycles. The monoisotopic (exact) mass is 237 g/mol. The van der Waals surface area contributed by atoms with Crippen molar-refractivity contribution in [1.82, 2.24) is 0 Å². The maximum atomic E-state index is 8.65. The number of aliphatic hydroxyl groups is 1. The highest BCUT2D eigenvalue weighted by atomic mass is 16.5. The van der Waals surface area contributed by atoms with Gasteiger partial charge in [-0.2, -0.15) is 0 Å². The molecule has 2 unspecified atom stereocenters. The predicted octanol–water partition coefficient (Wildman–Crippen LogP) is 1.65. The van der Waals surface area contributed by atoms with Gasteiger partial charge in [0.05, 0.1) is 18.8 Å². The number of anilines is 1. The van der Waals surface area contributed by atoms with Gasteiger partial charge in [0.25, 0.3) is 0 Å². The molecule has 0 spiro atoms. The summed E-state index contributed by atoms with van der Waals surface area (Å²) in [6.07, 6.45) is 1.31. The molecule has 1 fully saturated rings. The average molecular weight is 237 g/mol. The second kappa shape index (κ2) is 5.89. The van der Waals surface area contributed by atoms with Gasteiger partial charge < -0.3 is 19.9 Å². The van der Waals surface area contributed by atoms with Gasteiger partial charge in [0.1, 0.15) is 12.4 Å². The van der Waals surface area contributed by atoms with E-state index in [0.29, 0.717) is 12.6 Å². The SMILES string of the molecule is CC1OCCC1Nc1ccc(OCCO)cc1. The summed E-state index contributed by atoms with van der Waals surface area (Å²) in [5.41, 5.74) is 1.07. The topological polar surface area (TPSA) is 50.7 Å². The van der Waals surface area contributed by atoms with E-state index in [1.807, 2.05) is 24.3 Å². The molecule has 0 radical (unpaired) electrons. The molecule has 0 saturated carbocycles. The van der Waals surface area contributed by atoms with Crippen LogP contribution in [0.25, 0.3) is 0 Å². The van der Waals surface area contributed by atoms with Crippen molar-refractivity contribution < 1.29 is 14.6 Å². The van der Waals surface area contributed by atoms with Crippen molar-refractivity contribution in [3.8, 4) is 5.75 Å². The van der Waals surface area contributed by atoms with E-state index in [4.69, 9.17) is 14.6 Å². The van der Waals surface area contributed by atoms with E-state index in [9.17, 15) is 0 Å². The van der Waals surface area contributed by atoms with Crippen molar-refractivity contribution in [3.05, 3.63) is 24.3 Å². The summed E-state index contributed by atoms with van der Waals surface area (Å²) in [7, 11) is 0. The van der Waals surface area contributed by atoms with Gasteiger partial charge in [0, 0.05) is 12.3 Å². The summed E-state index contributed by atoms with van der Waals surface area (Å²) in [4.78, 5) is 0. The predicted molar refractivity (Wildman–Crippen MR) is 66.5 cm³/mol. The molecule has 0 aliphatic carbocycles. The van der Waals surface area contributed by atoms with Crippen LogP contribution in [0, 0.1) is 0 Å². The van der Waals surface area contributed by atoms with E-state index in [1.54, 1.807) is 0 Å². The summed E-state index contributed by atoms with van der Waals surface area (Å²) in [6, 6.07) is 8.16. The lowest BCUT2D eigenvalue weighted by Crippen LogP contribution is -2.26. The lowest BCUT2D eigenvalue weighted by atomic mass is 10.1. The Bertz CT molecular complexity index is 339. The van der Waals surface area contributed by atoms with Gasteiger partial charge in [0.15, 0.2) is 0 Å². The van der Waals surface area contributed by atoms with E-state index in [2.05, 4.69) is 12.2 Å². The maximum Gasteiger partial charge on any atom is 0.119 e. The largest absolute Gasteiger partial charge is 0.491 e. The summed E-state index contributed by atoms with van der Waals surface area (Å²) in [5, 5.41) is 12.1. The van der Waals surface area contributed by atoms with Crippen LogP contribution in [0.15, 0.2) is 24.3 Å². The zero-order valence-electron chi connectivity index (χ0n) is 10.1. The minimum Gasteiger partial charge on any atom is -0.491 e. The molecule has 1 aromatic rings. The smallest absolute Gasteiger partial charge is 0.119 e. The fraction of sp³-hybridized carbons (Fsp3) is 0.538. The van der Waals surface area contributed by atoms with Crippen LogP contribution < -0.4 is 10.1 Å². The Morgan fingerprint density at radius 1 is 1.41 bits per heavy atom. The van der Waals surface area contributed by atoms with Gasteiger partial charge in [-0.05, 0) is 37.6 Å². The number of ether oxygens (including phenoxy) is 2. The first kappa shape index (κ1) is 12.2.